The van der Waals surface area contributed by atoms with E-state index in [9.17, 15) is 9.18 Å². The average Bonchev–Trinajstić information content (AvgIpc) is 2.62. The number of anilines is 1. The molecular formula is C18H17FN4O. The van der Waals surface area contributed by atoms with Crippen LogP contribution >= 0.6 is 0 Å². The van der Waals surface area contributed by atoms with Crippen molar-refractivity contribution in [3.05, 3.63) is 59.7 Å². The highest BCUT2D eigenvalue weighted by atomic mass is 19.1. The van der Waals surface area contributed by atoms with Crippen molar-refractivity contribution in [3.63, 3.8) is 0 Å². The normalized spacial score (nSPS) is 14.3. The number of hydrogen-bond donors (Lipinski definition) is 0. The second-order valence-corrected chi connectivity index (χ2v) is 5.69. The van der Waals surface area contributed by atoms with Gasteiger partial charge in [-0.1, -0.05) is 12.1 Å². The molecule has 1 aromatic heterocycles. The number of carbonyl (C=O) groups is 1. The SMILES string of the molecule is N#Cc1ccc(N2CCN(C(=O)Cc3cccc(F)c3)CC2)cn1. The molecule has 0 radical (unpaired) electrons. The van der Waals surface area contributed by atoms with Gasteiger partial charge in [-0.2, -0.15) is 5.26 Å². The van der Waals surface area contributed by atoms with Crippen LogP contribution in [0, 0.1) is 17.1 Å². The van der Waals surface area contributed by atoms with Gasteiger partial charge in [0.25, 0.3) is 0 Å². The van der Waals surface area contributed by atoms with Crippen molar-refractivity contribution in [1.29, 1.82) is 5.26 Å². The molecule has 1 aromatic carbocycles. The molecule has 2 aromatic rings. The third kappa shape index (κ3) is 3.69. The zero-order chi connectivity index (χ0) is 16.9. The number of amides is 1. The maximum Gasteiger partial charge on any atom is 0.227 e. The number of pyridine rings is 1. The van der Waals surface area contributed by atoms with Crippen molar-refractivity contribution in [1.82, 2.24) is 9.88 Å². The number of benzene rings is 1. The summed E-state index contributed by atoms with van der Waals surface area (Å²) in [6.07, 6.45) is 1.90. The van der Waals surface area contributed by atoms with Crippen LogP contribution in [0.5, 0.6) is 0 Å². The van der Waals surface area contributed by atoms with Gasteiger partial charge in [-0.05, 0) is 29.8 Å². The van der Waals surface area contributed by atoms with Gasteiger partial charge in [0.05, 0.1) is 18.3 Å². The molecule has 1 aliphatic heterocycles. The third-order valence-electron chi connectivity index (χ3n) is 4.10. The van der Waals surface area contributed by atoms with Gasteiger partial charge >= 0.3 is 0 Å². The van der Waals surface area contributed by atoms with Crippen molar-refractivity contribution >= 4 is 11.6 Å². The number of nitriles is 1. The van der Waals surface area contributed by atoms with Crippen LogP contribution in [0.3, 0.4) is 0 Å². The first kappa shape index (κ1) is 15.9. The number of aromatic nitrogens is 1. The van der Waals surface area contributed by atoms with E-state index in [0.29, 0.717) is 37.4 Å². The lowest BCUT2D eigenvalue weighted by molar-refractivity contribution is -0.130. The molecule has 5 nitrogen and oxygen atoms in total. The van der Waals surface area contributed by atoms with E-state index in [-0.39, 0.29) is 18.1 Å². The lowest BCUT2D eigenvalue weighted by Crippen LogP contribution is -2.49. The van der Waals surface area contributed by atoms with E-state index in [1.807, 2.05) is 12.1 Å². The Bertz CT molecular complexity index is 761. The Kier molecular flexibility index (Phi) is 4.71. The fourth-order valence-corrected chi connectivity index (χ4v) is 2.79. The summed E-state index contributed by atoms with van der Waals surface area (Å²) < 4.78 is 13.2. The predicted molar refractivity (Wildman–Crippen MR) is 87.8 cm³/mol. The summed E-state index contributed by atoms with van der Waals surface area (Å²) in [5.74, 6) is -0.309. The number of rotatable bonds is 3. The van der Waals surface area contributed by atoms with E-state index in [1.165, 1.54) is 12.1 Å². The van der Waals surface area contributed by atoms with E-state index in [2.05, 4.69) is 9.88 Å². The van der Waals surface area contributed by atoms with E-state index in [0.717, 1.165) is 5.69 Å². The van der Waals surface area contributed by atoms with Gasteiger partial charge in [-0.3, -0.25) is 4.79 Å². The molecule has 0 atom stereocenters. The van der Waals surface area contributed by atoms with Crippen molar-refractivity contribution in [2.45, 2.75) is 6.42 Å². The summed E-state index contributed by atoms with van der Waals surface area (Å²) >= 11 is 0. The van der Waals surface area contributed by atoms with Crippen LogP contribution in [0.1, 0.15) is 11.3 Å². The van der Waals surface area contributed by atoms with Crippen LogP contribution < -0.4 is 4.90 Å². The Hall–Kier alpha value is -2.94. The third-order valence-corrected chi connectivity index (χ3v) is 4.10. The number of piperazine rings is 1. The maximum absolute atomic E-state index is 13.2. The van der Waals surface area contributed by atoms with Gasteiger partial charge in [-0.15, -0.1) is 0 Å². The summed E-state index contributed by atoms with van der Waals surface area (Å²) in [5, 5.41) is 8.78. The summed E-state index contributed by atoms with van der Waals surface area (Å²) in [7, 11) is 0. The maximum atomic E-state index is 13.2. The zero-order valence-electron chi connectivity index (χ0n) is 13.2. The molecule has 0 bridgehead atoms. The molecule has 0 unspecified atom stereocenters. The van der Waals surface area contributed by atoms with Gasteiger partial charge in [0.2, 0.25) is 5.91 Å². The van der Waals surface area contributed by atoms with Crippen LogP contribution in [0.15, 0.2) is 42.6 Å². The monoisotopic (exact) mass is 324 g/mol. The zero-order valence-corrected chi connectivity index (χ0v) is 13.2. The molecule has 6 heteroatoms. The number of carbonyl (C=O) groups excluding carboxylic acids is 1. The summed E-state index contributed by atoms with van der Waals surface area (Å²) in [6.45, 7) is 2.66. The Morgan fingerprint density at radius 1 is 1.21 bits per heavy atom. The van der Waals surface area contributed by atoms with E-state index in [4.69, 9.17) is 5.26 Å². The smallest absolute Gasteiger partial charge is 0.227 e. The Labute approximate surface area is 139 Å². The molecule has 1 saturated heterocycles. The molecule has 122 valence electrons. The second kappa shape index (κ2) is 7.09. The Morgan fingerprint density at radius 3 is 2.62 bits per heavy atom. The average molecular weight is 324 g/mol. The number of hydrogen-bond acceptors (Lipinski definition) is 4. The molecule has 0 N–H and O–H groups in total. The fraction of sp³-hybridized carbons (Fsp3) is 0.278. The van der Waals surface area contributed by atoms with Crippen LogP contribution in [-0.2, 0) is 11.2 Å². The lowest BCUT2D eigenvalue weighted by Gasteiger charge is -2.36. The van der Waals surface area contributed by atoms with Crippen molar-refractivity contribution in [2.24, 2.45) is 0 Å². The quantitative estimate of drug-likeness (QED) is 0.866. The highest BCUT2D eigenvalue weighted by molar-refractivity contribution is 5.79. The summed E-state index contributed by atoms with van der Waals surface area (Å²) in [5.41, 5.74) is 2.03. The second-order valence-electron chi connectivity index (χ2n) is 5.69. The summed E-state index contributed by atoms with van der Waals surface area (Å²) in [4.78, 5) is 20.4. The van der Waals surface area contributed by atoms with Crippen LogP contribution in [0.25, 0.3) is 0 Å². The molecule has 0 spiro atoms. The number of nitrogens with zero attached hydrogens (tertiary/aromatic N) is 4. The Balaban J connectivity index is 1.56. The minimum Gasteiger partial charge on any atom is -0.367 e. The van der Waals surface area contributed by atoms with Gasteiger partial charge in [0.15, 0.2) is 0 Å². The van der Waals surface area contributed by atoms with E-state index >= 15 is 0 Å². The molecule has 24 heavy (non-hydrogen) atoms. The topological polar surface area (TPSA) is 60.2 Å². The molecule has 1 fully saturated rings. The van der Waals surface area contributed by atoms with Gasteiger partial charge in [-0.25, -0.2) is 9.37 Å². The van der Waals surface area contributed by atoms with Crippen molar-refractivity contribution < 1.29 is 9.18 Å². The molecule has 2 heterocycles. The molecule has 1 amide bonds. The minimum atomic E-state index is -0.321. The predicted octanol–water partition coefficient (Wildman–Crippen LogP) is 1.98. The van der Waals surface area contributed by atoms with Crippen molar-refractivity contribution in [3.8, 4) is 6.07 Å². The molecule has 1 aliphatic rings. The highest BCUT2D eigenvalue weighted by Crippen LogP contribution is 2.16. The van der Waals surface area contributed by atoms with Crippen LogP contribution in [-0.4, -0.2) is 42.0 Å². The lowest BCUT2D eigenvalue weighted by atomic mass is 10.1. The van der Waals surface area contributed by atoms with Gasteiger partial charge in [0.1, 0.15) is 17.6 Å². The minimum absolute atomic E-state index is 0.0122. The highest BCUT2D eigenvalue weighted by Gasteiger charge is 2.21. The standard InChI is InChI=1S/C18H17FN4O/c19-15-3-1-2-14(10-15)11-18(24)23-8-6-22(7-9-23)17-5-4-16(12-20)21-13-17/h1-5,10,13H,6-9,11H2. The summed E-state index contributed by atoms with van der Waals surface area (Å²) in [6, 6.07) is 11.7. The van der Waals surface area contributed by atoms with Crippen molar-refractivity contribution in [2.75, 3.05) is 31.1 Å². The molecule has 0 saturated carbocycles. The Morgan fingerprint density at radius 2 is 2.00 bits per heavy atom. The fourth-order valence-electron chi connectivity index (χ4n) is 2.79. The van der Waals surface area contributed by atoms with E-state index < -0.39 is 0 Å². The van der Waals surface area contributed by atoms with Crippen LogP contribution in [0.2, 0.25) is 0 Å². The molecular weight excluding hydrogens is 307 g/mol. The first-order chi connectivity index (χ1) is 11.7. The molecule has 0 aliphatic carbocycles. The van der Waals surface area contributed by atoms with E-state index in [1.54, 1.807) is 29.3 Å². The van der Waals surface area contributed by atoms with Crippen LogP contribution in [0.4, 0.5) is 10.1 Å². The number of halogens is 1. The van der Waals surface area contributed by atoms with Gasteiger partial charge in [0, 0.05) is 26.2 Å². The van der Waals surface area contributed by atoms with Gasteiger partial charge < -0.3 is 9.80 Å². The largest absolute Gasteiger partial charge is 0.367 e. The first-order valence-corrected chi connectivity index (χ1v) is 7.79. The molecule has 3 rings (SSSR count). The first-order valence-electron chi connectivity index (χ1n) is 7.79.